The van der Waals surface area contributed by atoms with Crippen molar-refractivity contribution in [2.45, 2.75) is 26.2 Å². The van der Waals surface area contributed by atoms with Crippen LogP contribution < -0.4 is 15.8 Å². The van der Waals surface area contributed by atoms with Gasteiger partial charge in [-0.3, -0.25) is 4.79 Å². The summed E-state index contributed by atoms with van der Waals surface area (Å²) >= 11 is 1.85. The summed E-state index contributed by atoms with van der Waals surface area (Å²) in [6.07, 6.45) is 5.44. The van der Waals surface area contributed by atoms with E-state index in [0.717, 1.165) is 12.8 Å². The number of unbranched alkanes of at least 4 members (excludes halogenated alkanes) is 2. The molecule has 0 aliphatic heterocycles. The first kappa shape index (κ1) is 16.7. The Morgan fingerprint density at radius 1 is 1.35 bits per heavy atom. The Bertz CT molecular complexity index is 424. The molecule has 0 bridgehead atoms. The lowest BCUT2D eigenvalue weighted by Gasteiger charge is -2.12. The van der Waals surface area contributed by atoms with Gasteiger partial charge in [0, 0.05) is 6.54 Å². The van der Waals surface area contributed by atoms with Crippen LogP contribution in [0.5, 0.6) is 5.75 Å². The summed E-state index contributed by atoms with van der Waals surface area (Å²) < 4.78 is 5.46. The van der Waals surface area contributed by atoms with E-state index in [9.17, 15) is 4.79 Å². The minimum atomic E-state index is -0.120. The van der Waals surface area contributed by atoms with Crippen molar-refractivity contribution in [2.75, 3.05) is 30.9 Å². The Morgan fingerprint density at radius 3 is 2.85 bits per heavy atom. The molecule has 0 unspecified atom stereocenters. The summed E-state index contributed by atoms with van der Waals surface area (Å²) in [5.74, 6) is 1.54. The van der Waals surface area contributed by atoms with Gasteiger partial charge >= 0.3 is 0 Å². The molecule has 1 amide bonds. The molecule has 0 spiro atoms. The van der Waals surface area contributed by atoms with E-state index < -0.39 is 0 Å². The number of thioether (sulfide) groups is 1. The van der Waals surface area contributed by atoms with E-state index in [0.29, 0.717) is 30.2 Å². The van der Waals surface area contributed by atoms with Gasteiger partial charge < -0.3 is 15.8 Å². The number of benzene rings is 1. The van der Waals surface area contributed by atoms with Crippen LogP contribution in [0.1, 0.15) is 36.5 Å². The summed E-state index contributed by atoms with van der Waals surface area (Å²) in [5.41, 5.74) is 6.86. The number of hydrogen-bond acceptors (Lipinski definition) is 4. The zero-order valence-electron chi connectivity index (χ0n) is 12.3. The Morgan fingerprint density at radius 2 is 2.15 bits per heavy atom. The lowest BCUT2D eigenvalue weighted by Crippen LogP contribution is -2.25. The fraction of sp³-hybridized carbons (Fsp3) is 0.533. The number of nitrogens with one attached hydrogen (secondary N) is 1. The molecule has 5 heteroatoms. The number of anilines is 1. The molecule has 0 saturated carbocycles. The average Bonchev–Trinajstić information content (AvgIpc) is 2.45. The quantitative estimate of drug-likeness (QED) is 0.543. The van der Waals surface area contributed by atoms with E-state index in [2.05, 4.69) is 11.6 Å². The molecule has 1 rings (SSSR count). The maximum Gasteiger partial charge on any atom is 0.255 e. The molecule has 0 radical (unpaired) electrons. The summed E-state index contributed by atoms with van der Waals surface area (Å²) in [6, 6.07) is 5.25. The van der Waals surface area contributed by atoms with Crippen LogP contribution in [-0.4, -0.2) is 31.1 Å². The van der Waals surface area contributed by atoms with Gasteiger partial charge in [0.25, 0.3) is 5.91 Å². The Balaban J connectivity index is 2.49. The van der Waals surface area contributed by atoms with Crippen LogP contribution in [0, 0.1) is 0 Å². The van der Waals surface area contributed by atoms with E-state index in [1.54, 1.807) is 18.2 Å². The predicted octanol–water partition coefficient (Wildman–Crippen LogP) is 2.93. The third-order valence-corrected chi connectivity index (χ3v) is 3.59. The van der Waals surface area contributed by atoms with Crippen molar-refractivity contribution in [1.82, 2.24) is 5.32 Å². The summed E-state index contributed by atoms with van der Waals surface area (Å²) in [6.45, 7) is 3.05. The van der Waals surface area contributed by atoms with Crippen molar-refractivity contribution in [3.63, 3.8) is 0 Å². The van der Waals surface area contributed by atoms with E-state index in [-0.39, 0.29) is 5.91 Å². The van der Waals surface area contributed by atoms with Crippen LogP contribution in [0.15, 0.2) is 18.2 Å². The van der Waals surface area contributed by atoms with Gasteiger partial charge in [-0.1, -0.05) is 12.5 Å². The number of nitrogen functional groups attached to an aromatic ring is 1. The molecule has 0 heterocycles. The van der Waals surface area contributed by atoms with E-state index in [1.165, 1.54) is 12.2 Å². The third kappa shape index (κ3) is 5.33. The van der Waals surface area contributed by atoms with E-state index >= 15 is 0 Å². The number of para-hydroxylation sites is 1. The van der Waals surface area contributed by atoms with Gasteiger partial charge in [-0.2, -0.15) is 11.8 Å². The maximum absolute atomic E-state index is 12.1. The lowest BCUT2D eigenvalue weighted by atomic mass is 10.1. The third-order valence-electron chi connectivity index (χ3n) is 2.89. The highest BCUT2D eigenvalue weighted by Gasteiger charge is 2.14. The van der Waals surface area contributed by atoms with Gasteiger partial charge in [-0.25, -0.2) is 0 Å². The van der Waals surface area contributed by atoms with Crippen LogP contribution in [0.3, 0.4) is 0 Å². The fourth-order valence-electron chi connectivity index (χ4n) is 1.88. The first-order chi connectivity index (χ1) is 9.70. The SMILES string of the molecule is CCOc1c(N)cccc1C(=O)NCCCCCSC. The van der Waals surface area contributed by atoms with Crippen LogP contribution in [0.4, 0.5) is 5.69 Å². The summed E-state index contributed by atoms with van der Waals surface area (Å²) in [4.78, 5) is 12.1. The lowest BCUT2D eigenvalue weighted by molar-refractivity contribution is 0.0949. The monoisotopic (exact) mass is 296 g/mol. The first-order valence-corrected chi connectivity index (χ1v) is 8.38. The molecule has 0 atom stereocenters. The van der Waals surface area contributed by atoms with Gasteiger partial charge in [0.2, 0.25) is 0 Å². The number of rotatable bonds is 9. The minimum Gasteiger partial charge on any atom is -0.491 e. The van der Waals surface area contributed by atoms with E-state index in [1.807, 2.05) is 18.7 Å². The molecule has 1 aromatic carbocycles. The first-order valence-electron chi connectivity index (χ1n) is 6.99. The second-order valence-corrected chi connectivity index (χ2v) is 5.45. The second kappa shape index (κ2) is 9.53. The summed E-state index contributed by atoms with van der Waals surface area (Å²) in [5, 5.41) is 2.92. The standard InChI is InChI=1S/C15H24N2O2S/c1-3-19-14-12(8-7-9-13(14)16)15(18)17-10-5-4-6-11-20-2/h7-9H,3-6,10-11,16H2,1-2H3,(H,17,18). The van der Waals surface area contributed by atoms with Crippen molar-refractivity contribution in [1.29, 1.82) is 0 Å². The maximum atomic E-state index is 12.1. The molecule has 112 valence electrons. The molecule has 0 fully saturated rings. The largest absolute Gasteiger partial charge is 0.491 e. The molecule has 0 aliphatic rings. The van der Waals surface area contributed by atoms with Crippen molar-refractivity contribution in [3.8, 4) is 5.75 Å². The van der Waals surface area contributed by atoms with Crippen molar-refractivity contribution < 1.29 is 9.53 Å². The van der Waals surface area contributed by atoms with Crippen molar-refractivity contribution >= 4 is 23.4 Å². The van der Waals surface area contributed by atoms with Crippen molar-refractivity contribution in [2.24, 2.45) is 0 Å². The molecular weight excluding hydrogens is 272 g/mol. The van der Waals surface area contributed by atoms with Crippen LogP contribution in [0.2, 0.25) is 0 Å². The summed E-state index contributed by atoms with van der Waals surface area (Å²) in [7, 11) is 0. The number of ether oxygens (including phenoxy) is 1. The Labute approximate surface area is 125 Å². The zero-order valence-corrected chi connectivity index (χ0v) is 13.1. The Hall–Kier alpha value is -1.36. The normalized spacial score (nSPS) is 10.3. The number of hydrogen-bond donors (Lipinski definition) is 2. The van der Waals surface area contributed by atoms with Gasteiger partial charge in [0.15, 0.2) is 5.75 Å². The average molecular weight is 296 g/mol. The molecule has 0 aromatic heterocycles. The second-order valence-electron chi connectivity index (χ2n) is 4.47. The molecule has 4 nitrogen and oxygen atoms in total. The van der Waals surface area contributed by atoms with Crippen LogP contribution in [-0.2, 0) is 0 Å². The number of amides is 1. The molecule has 0 saturated heterocycles. The highest BCUT2D eigenvalue weighted by molar-refractivity contribution is 7.98. The van der Waals surface area contributed by atoms with Gasteiger partial charge in [0.1, 0.15) is 0 Å². The van der Waals surface area contributed by atoms with Gasteiger partial charge in [0.05, 0.1) is 17.9 Å². The minimum absolute atomic E-state index is 0.120. The topological polar surface area (TPSA) is 64.3 Å². The number of carbonyl (C=O) groups excluding carboxylic acids is 1. The number of nitrogens with two attached hydrogens (primary N) is 1. The van der Waals surface area contributed by atoms with Crippen LogP contribution in [0.25, 0.3) is 0 Å². The van der Waals surface area contributed by atoms with Gasteiger partial charge in [-0.15, -0.1) is 0 Å². The smallest absolute Gasteiger partial charge is 0.255 e. The molecule has 3 N–H and O–H groups in total. The predicted molar refractivity (Wildman–Crippen MR) is 86.6 cm³/mol. The molecule has 20 heavy (non-hydrogen) atoms. The highest BCUT2D eigenvalue weighted by atomic mass is 32.2. The Kier molecular flexibility index (Phi) is 7.95. The van der Waals surface area contributed by atoms with Crippen molar-refractivity contribution in [3.05, 3.63) is 23.8 Å². The molecule has 1 aromatic rings. The number of carbonyl (C=O) groups is 1. The van der Waals surface area contributed by atoms with E-state index in [4.69, 9.17) is 10.5 Å². The fourth-order valence-corrected chi connectivity index (χ4v) is 2.38. The molecular formula is C15H24N2O2S. The highest BCUT2D eigenvalue weighted by Crippen LogP contribution is 2.26. The molecule has 0 aliphatic carbocycles. The van der Waals surface area contributed by atoms with Crippen LogP contribution >= 0.6 is 11.8 Å². The van der Waals surface area contributed by atoms with Gasteiger partial charge in [-0.05, 0) is 43.9 Å². The zero-order chi connectivity index (χ0) is 14.8.